The number of aryl methyl sites for hydroxylation is 1. The molecule has 1 amide bonds. The molecule has 0 unspecified atom stereocenters. The maximum Gasteiger partial charge on any atom is 0.285 e. The van der Waals surface area contributed by atoms with E-state index < -0.39 is 10.0 Å². The fourth-order valence-corrected chi connectivity index (χ4v) is 5.26. The molecule has 33 heavy (non-hydrogen) atoms. The van der Waals surface area contributed by atoms with Gasteiger partial charge in [-0.1, -0.05) is 24.3 Å². The topological polar surface area (TPSA) is 101 Å². The second kappa shape index (κ2) is 8.27. The Morgan fingerprint density at radius 1 is 0.909 bits per heavy atom. The normalized spacial score (nSPS) is 13.8. The number of amidine groups is 1. The zero-order chi connectivity index (χ0) is 23.0. The van der Waals surface area contributed by atoms with Gasteiger partial charge in [0.25, 0.3) is 15.9 Å². The van der Waals surface area contributed by atoms with Crippen molar-refractivity contribution < 1.29 is 13.2 Å². The molecule has 1 aliphatic rings. The smallest absolute Gasteiger partial charge is 0.285 e. The second-order valence-corrected chi connectivity index (χ2v) is 10.0. The number of sulfonamides is 1. The minimum Gasteiger partial charge on any atom is -0.339 e. The summed E-state index contributed by atoms with van der Waals surface area (Å²) in [7, 11) is -3.69. The molecule has 4 aromatic rings. The van der Waals surface area contributed by atoms with Gasteiger partial charge in [0.05, 0.1) is 10.7 Å². The Hall–Kier alpha value is -3.82. The molecule has 0 bridgehead atoms. The van der Waals surface area contributed by atoms with Crippen molar-refractivity contribution >= 4 is 44.5 Å². The molecule has 0 saturated heterocycles. The van der Waals surface area contributed by atoms with Gasteiger partial charge in [-0.3, -0.25) is 4.79 Å². The molecule has 2 heterocycles. The van der Waals surface area contributed by atoms with Crippen molar-refractivity contribution in [3.8, 4) is 11.3 Å². The van der Waals surface area contributed by atoms with Gasteiger partial charge in [-0.05, 0) is 55.5 Å². The maximum atomic E-state index is 12.6. The third-order valence-electron chi connectivity index (χ3n) is 5.10. The Kier molecular flexibility index (Phi) is 5.27. The van der Waals surface area contributed by atoms with Crippen LogP contribution in [0.15, 0.2) is 87.5 Å². The number of thiazole rings is 1. The molecule has 164 valence electrons. The fraction of sp³-hybridized carbons (Fsp3) is 0.0417. The van der Waals surface area contributed by atoms with Gasteiger partial charge in [-0.15, -0.1) is 15.7 Å². The number of hydrogen-bond acceptors (Lipinski definition) is 6. The van der Waals surface area contributed by atoms with Gasteiger partial charge in [0.2, 0.25) is 0 Å². The molecular formula is C24H18N4O3S2. The lowest BCUT2D eigenvalue weighted by atomic mass is 10.1. The molecule has 0 saturated carbocycles. The molecule has 5 rings (SSSR count). The molecule has 3 aromatic carbocycles. The third kappa shape index (κ3) is 4.28. The van der Waals surface area contributed by atoms with E-state index in [-0.39, 0.29) is 16.6 Å². The lowest BCUT2D eigenvalue weighted by Gasteiger charge is -2.09. The largest absolute Gasteiger partial charge is 0.339 e. The fourth-order valence-electron chi connectivity index (χ4n) is 3.46. The van der Waals surface area contributed by atoms with Crippen molar-refractivity contribution in [1.82, 2.24) is 4.98 Å². The number of nitrogens with one attached hydrogen (secondary N) is 2. The van der Waals surface area contributed by atoms with E-state index in [0.717, 1.165) is 16.3 Å². The molecule has 0 atom stereocenters. The SMILES string of the molecule is Cc1nc(-c2ccc(NC(=O)c3ccc(NC4=NS(=O)(=O)c5ccccc54)cc3)cc2)cs1. The molecule has 1 aliphatic heterocycles. The molecule has 7 nitrogen and oxygen atoms in total. The van der Waals surface area contributed by atoms with E-state index in [1.54, 1.807) is 53.8 Å². The summed E-state index contributed by atoms with van der Waals surface area (Å²) in [5, 5.41) is 8.91. The van der Waals surface area contributed by atoms with Crippen LogP contribution in [0.3, 0.4) is 0 Å². The van der Waals surface area contributed by atoms with Crippen LogP contribution >= 0.6 is 11.3 Å². The summed E-state index contributed by atoms with van der Waals surface area (Å²) in [6, 6.07) is 20.9. The first-order valence-electron chi connectivity index (χ1n) is 10.0. The summed E-state index contributed by atoms with van der Waals surface area (Å²) in [5.41, 5.74) is 4.21. The van der Waals surface area contributed by atoms with Crippen molar-refractivity contribution in [3.05, 3.63) is 94.3 Å². The summed E-state index contributed by atoms with van der Waals surface area (Å²) in [6.45, 7) is 1.96. The summed E-state index contributed by atoms with van der Waals surface area (Å²) in [5.74, 6) is 0.0168. The zero-order valence-electron chi connectivity index (χ0n) is 17.4. The predicted molar refractivity (Wildman–Crippen MR) is 130 cm³/mol. The van der Waals surface area contributed by atoms with E-state index in [2.05, 4.69) is 20.0 Å². The molecule has 0 spiro atoms. The monoisotopic (exact) mass is 474 g/mol. The summed E-state index contributed by atoms with van der Waals surface area (Å²) in [6.07, 6.45) is 0. The van der Waals surface area contributed by atoms with Gasteiger partial charge in [-0.2, -0.15) is 8.42 Å². The minimum absolute atomic E-state index is 0.180. The number of amides is 1. The van der Waals surface area contributed by atoms with Gasteiger partial charge < -0.3 is 10.6 Å². The Balaban J connectivity index is 1.27. The number of rotatable bonds is 4. The highest BCUT2D eigenvalue weighted by atomic mass is 32.2. The Morgan fingerprint density at radius 3 is 2.30 bits per heavy atom. The molecule has 0 fully saturated rings. The van der Waals surface area contributed by atoms with E-state index in [0.29, 0.717) is 22.5 Å². The van der Waals surface area contributed by atoms with Gasteiger partial charge in [-0.25, -0.2) is 4.98 Å². The van der Waals surface area contributed by atoms with Crippen LogP contribution in [-0.4, -0.2) is 25.1 Å². The molecule has 9 heteroatoms. The number of fused-ring (bicyclic) bond motifs is 1. The summed E-state index contributed by atoms with van der Waals surface area (Å²) in [4.78, 5) is 17.3. The minimum atomic E-state index is -3.69. The van der Waals surface area contributed by atoms with E-state index >= 15 is 0 Å². The van der Waals surface area contributed by atoms with Crippen LogP contribution in [0.2, 0.25) is 0 Å². The number of aromatic nitrogens is 1. The lowest BCUT2D eigenvalue weighted by Crippen LogP contribution is -2.13. The van der Waals surface area contributed by atoms with Crippen molar-refractivity contribution in [2.75, 3.05) is 10.6 Å². The highest BCUT2D eigenvalue weighted by molar-refractivity contribution is 7.90. The van der Waals surface area contributed by atoms with Crippen molar-refractivity contribution in [3.63, 3.8) is 0 Å². The zero-order valence-corrected chi connectivity index (χ0v) is 19.1. The molecular weight excluding hydrogens is 456 g/mol. The summed E-state index contributed by atoms with van der Waals surface area (Å²) >= 11 is 1.60. The van der Waals surface area contributed by atoms with Crippen LogP contribution in [0, 0.1) is 6.92 Å². The first-order chi connectivity index (χ1) is 15.9. The molecule has 0 radical (unpaired) electrons. The highest BCUT2D eigenvalue weighted by Crippen LogP contribution is 2.27. The van der Waals surface area contributed by atoms with Gasteiger partial charge in [0, 0.05) is 33.4 Å². The van der Waals surface area contributed by atoms with E-state index in [4.69, 9.17) is 0 Å². The number of anilines is 2. The number of carbonyl (C=O) groups is 1. The standard InChI is InChI=1S/C24H18N4O3S2/c1-15-25-21(14-32-15)16-6-10-19(11-7-16)27-24(29)17-8-12-18(13-9-17)26-23-20-4-2-3-5-22(20)33(30,31)28-23/h2-14H,1H3,(H,26,28)(H,27,29). The number of carbonyl (C=O) groups excluding carboxylic acids is 1. The first kappa shape index (κ1) is 21.0. The van der Waals surface area contributed by atoms with Crippen molar-refractivity contribution in [1.29, 1.82) is 0 Å². The van der Waals surface area contributed by atoms with Crippen molar-refractivity contribution in [2.45, 2.75) is 11.8 Å². The molecule has 1 aromatic heterocycles. The van der Waals surface area contributed by atoms with Crippen molar-refractivity contribution in [2.24, 2.45) is 4.40 Å². The Bertz CT molecular complexity index is 1490. The van der Waals surface area contributed by atoms with Gasteiger partial charge in [0.1, 0.15) is 4.90 Å². The van der Waals surface area contributed by atoms with Crippen LogP contribution in [-0.2, 0) is 10.0 Å². The first-order valence-corrected chi connectivity index (χ1v) is 12.4. The Labute approximate surface area is 194 Å². The Morgan fingerprint density at radius 2 is 1.61 bits per heavy atom. The van der Waals surface area contributed by atoms with Crippen LogP contribution in [0.1, 0.15) is 20.9 Å². The van der Waals surface area contributed by atoms with Crippen LogP contribution < -0.4 is 10.6 Å². The average Bonchev–Trinajstić information content (AvgIpc) is 3.36. The molecule has 0 aliphatic carbocycles. The summed E-state index contributed by atoms with van der Waals surface area (Å²) < 4.78 is 28.2. The number of nitrogens with zero attached hydrogens (tertiary/aromatic N) is 2. The quantitative estimate of drug-likeness (QED) is 0.437. The predicted octanol–water partition coefficient (Wildman–Crippen LogP) is 4.93. The van der Waals surface area contributed by atoms with Gasteiger partial charge in [0.15, 0.2) is 5.84 Å². The average molecular weight is 475 g/mol. The molecule has 2 N–H and O–H groups in total. The van der Waals surface area contributed by atoms with E-state index in [9.17, 15) is 13.2 Å². The number of hydrogen-bond donors (Lipinski definition) is 2. The van der Waals surface area contributed by atoms with E-state index in [1.807, 2.05) is 36.6 Å². The van der Waals surface area contributed by atoms with Crippen LogP contribution in [0.5, 0.6) is 0 Å². The van der Waals surface area contributed by atoms with Crippen LogP contribution in [0.4, 0.5) is 11.4 Å². The second-order valence-electron chi connectivity index (χ2n) is 7.40. The van der Waals surface area contributed by atoms with E-state index in [1.165, 1.54) is 6.07 Å². The van der Waals surface area contributed by atoms with Crippen LogP contribution in [0.25, 0.3) is 11.3 Å². The third-order valence-corrected chi connectivity index (χ3v) is 7.21. The number of benzene rings is 3. The van der Waals surface area contributed by atoms with Gasteiger partial charge >= 0.3 is 0 Å². The maximum absolute atomic E-state index is 12.6. The highest BCUT2D eigenvalue weighted by Gasteiger charge is 2.28. The lowest BCUT2D eigenvalue weighted by molar-refractivity contribution is 0.102.